The van der Waals surface area contributed by atoms with Crippen LogP contribution in [-0.2, 0) is 16.1 Å². The Balaban J connectivity index is 1.45. The van der Waals surface area contributed by atoms with E-state index in [-0.39, 0.29) is 24.4 Å². The molecule has 1 aliphatic heterocycles. The zero-order valence-corrected chi connectivity index (χ0v) is 25.0. The largest absolute Gasteiger partial charge is 0.487 e. The van der Waals surface area contributed by atoms with Gasteiger partial charge in [0.2, 0.25) is 5.91 Å². The van der Waals surface area contributed by atoms with E-state index >= 15 is 0 Å². The third-order valence-corrected chi connectivity index (χ3v) is 7.05. The maximum atomic E-state index is 13.5. The Hall–Kier alpha value is -4.69. The van der Waals surface area contributed by atoms with Crippen LogP contribution in [-0.4, -0.2) is 55.7 Å². The van der Waals surface area contributed by atoms with E-state index in [0.717, 1.165) is 6.42 Å². The number of carbonyl (C=O) groups excluding carboxylic acids is 1. The lowest BCUT2D eigenvalue weighted by Gasteiger charge is -2.19. The highest BCUT2D eigenvalue weighted by Gasteiger charge is 2.21. The van der Waals surface area contributed by atoms with E-state index < -0.39 is 0 Å². The van der Waals surface area contributed by atoms with E-state index in [0.29, 0.717) is 75.4 Å². The number of hydrogen-bond acceptors (Lipinski definition) is 8. The second-order valence-corrected chi connectivity index (χ2v) is 10.9. The Morgan fingerprint density at radius 3 is 2.82 bits per heavy atom. The van der Waals surface area contributed by atoms with Gasteiger partial charge in [0.1, 0.15) is 36.1 Å². The molecule has 0 aliphatic carbocycles. The van der Waals surface area contributed by atoms with Gasteiger partial charge in [0, 0.05) is 42.4 Å². The molecule has 226 valence electrons. The Labute approximate surface area is 259 Å². The second kappa shape index (κ2) is 14.2. The highest BCUT2D eigenvalue weighted by atomic mass is 35.5. The number of hydrogen-bond donors (Lipinski definition) is 2. The molecule has 44 heavy (non-hydrogen) atoms. The molecule has 1 atom stereocenters. The van der Waals surface area contributed by atoms with Crippen molar-refractivity contribution in [3.8, 4) is 17.6 Å². The molecule has 5 rings (SSSR count). The smallest absolute Gasteiger partial charge is 0.248 e. The van der Waals surface area contributed by atoms with Gasteiger partial charge < -0.3 is 29.7 Å². The van der Waals surface area contributed by atoms with Crippen LogP contribution in [0.4, 0.5) is 21.5 Å². The molecule has 1 fully saturated rings. The number of likely N-dealkylation sites (N-methyl/N-ethyl adjacent to an activating group) is 1. The molecule has 4 aromatic rings. The average Bonchev–Trinajstić information content (AvgIpc) is 3.50. The number of pyridine rings is 1. The van der Waals surface area contributed by atoms with E-state index in [4.69, 9.17) is 25.8 Å². The highest BCUT2D eigenvalue weighted by Crippen LogP contribution is 2.38. The molecule has 0 spiro atoms. The molecule has 0 unspecified atom stereocenters. The van der Waals surface area contributed by atoms with E-state index in [1.54, 1.807) is 48.5 Å². The molecule has 3 aromatic carbocycles. The van der Waals surface area contributed by atoms with Crippen molar-refractivity contribution in [3.63, 3.8) is 0 Å². The van der Waals surface area contributed by atoms with Gasteiger partial charge in [-0.05, 0) is 56.1 Å². The number of nitrogens with zero attached hydrogens (tertiary/aromatic N) is 3. The monoisotopic (exact) mass is 615 g/mol. The fourth-order valence-corrected chi connectivity index (χ4v) is 4.83. The summed E-state index contributed by atoms with van der Waals surface area (Å²) in [7, 11) is 3.83. The first kappa shape index (κ1) is 30.8. The topological polar surface area (TPSA) is 109 Å². The fourth-order valence-electron chi connectivity index (χ4n) is 4.59. The Bertz CT molecular complexity index is 1730. The summed E-state index contributed by atoms with van der Waals surface area (Å²) < 4.78 is 31.0. The number of ether oxygens (including phenoxy) is 3. The van der Waals surface area contributed by atoms with Gasteiger partial charge in [-0.25, -0.2) is 4.39 Å². The summed E-state index contributed by atoms with van der Waals surface area (Å²) in [6.45, 7) is 1.80. The summed E-state index contributed by atoms with van der Waals surface area (Å²) in [5.41, 5.74) is 3.03. The van der Waals surface area contributed by atoms with Crippen molar-refractivity contribution in [2.24, 2.45) is 0 Å². The minimum atomic E-state index is -0.343. The van der Waals surface area contributed by atoms with Crippen molar-refractivity contribution >= 4 is 45.5 Å². The number of nitrogens with one attached hydrogen (secondary N) is 2. The zero-order valence-electron chi connectivity index (χ0n) is 24.3. The van der Waals surface area contributed by atoms with Crippen molar-refractivity contribution in [2.75, 3.05) is 44.5 Å². The maximum Gasteiger partial charge on any atom is 0.248 e. The number of aromatic nitrogens is 1. The van der Waals surface area contributed by atoms with Gasteiger partial charge in [0.15, 0.2) is 0 Å². The number of carbonyl (C=O) groups is 1. The van der Waals surface area contributed by atoms with Crippen molar-refractivity contribution in [3.05, 3.63) is 94.9 Å². The van der Waals surface area contributed by atoms with Crippen LogP contribution in [0.5, 0.6) is 11.5 Å². The summed E-state index contributed by atoms with van der Waals surface area (Å²) >= 11 is 6.53. The quantitative estimate of drug-likeness (QED) is 0.185. The summed E-state index contributed by atoms with van der Waals surface area (Å²) in [5, 5.41) is 17.1. The highest BCUT2D eigenvalue weighted by molar-refractivity contribution is 6.32. The van der Waals surface area contributed by atoms with Gasteiger partial charge in [-0.2, -0.15) is 5.26 Å². The van der Waals surface area contributed by atoms with E-state index in [1.807, 2.05) is 19.0 Å². The van der Waals surface area contributed by atoms with Gasteiger partial charge in [0.05, 0.1) is 40.7 Å². The molecule has 1 saturated heterocycles. The van der Waals surface area contributed by atoms with Gasteiger partial charge in [-0.3, -0.25) is 9.78 Å². The molecule has 0 bridgehead atoms. The maximum absolute atomic E-state index is 13.5. The SMILES string of the molecule is CN(C)C/C=C/C(=O)Nc1cc2c(Nc3ccc(OCc4cccc(F)c4)c(Cl)c3)c(C#N)cnc2cc1O[C@H]1CCOC1. The van der Waals surface area contributed by atoms with Crippen molar-refractivity contribution in [2.45, 2.75) is 19.1 Å². The lowest BCUT2D eigenvalue weighted by atomic mass is 10.1. The lowest BCUT2D eigenvalue weighted by molar-refractivity contribution is -0.111. The number of fused-ring (bicyclic) bond motifs is 1. The molecule has 0 saturated carbocycles. The molecule has 1 aliphatic rings. The van der Waals surface area contributed by atoms with Crippen molar-refractivity contribution in [1.82, 2.24) is 9.88 Å². The second-order valence-electron chi connectivity index (χ2n) is 10.5. The molecule has 1 amide bonds. The Morgan fingerprint density at radius 1 is 1.23 bits per heavy atom. The van der Waals surface area contributed by atoms with E-state index in [2.05, 4.69) is 21.7 Å². The van der Waals surface area contributed by atoms with E-state index in [9.17, 15) is 14.4 Å². The first-order valence-corrected chi connectivity index (χ1v) is 14.3. The number of benzene rings is 3. The minimum Gasteiger partial charge on any atom is -0.487 e. The zero-order chi connectivity index (χ0) is 31.1. The summed E-state index contributed by atoms with van der Waals surface area (Å²) in [5.74, 6) is 0.211. The molecule has 11 heteroatoms. The van der Waals surface area contributed by atoms with Crippen LogP contribution in [0.1, 0.15) is 17.5 Å². The number of halogens is 2. The lowest BCUT2D eigenvalue weighted by Crippen LogP contribution is -2.18. The van der Waals surface area contributed by atoms with Crippen LogP contribution in [0.2, 0.25) is 5.02 Å². The Kier molecular flexibility index (Phi) is 9.92. The van der Waals surface area contributed by atoms with Crippen molar-refractivity contribution in [1.29, 1.82) is 5.26 Å². The number of nitriles is 1. The van der Waals surface area contributed by atoms with Crippen LogP contribution < -0.4 is 20.1 Å². The van der Waals surface area contributed by atoms with Gasteiger partial charge in [-0.1, -0.05) is 29.8 Å². The van der Waals surface area contributed by atoms with Crippen LogP contribution in [0, 0.1) is 17.1 Å². The van der Waals surface area contributed by atoms with Gasteiger partial charge in [0.25, 0.3) is 0 Å². The third kappa shape index (κ3) is 7.82. The van der Waals surface area contributed by atoms with Crippen LogP contribution in [0.25, 0.3) is 10.9 Å². The van der Waals surface area contributed by atoms with Crippen LogP contribution in [0.3, 0.4) is 0 Å². The Morgan fingerprint density at radius 2 is 2.09 bits per heavy atom. The first-order chi connectivity index (χ1) is 21.3. The first-order valence-electron chi connectivity index (χ1n) is 14.0. The molecule has 2 N–H and O–H groups in total. The molecule has 0 radical (unpaired) electrons. The molecule has 9 nitrogen and oxygen atoms in total. The number of anilines is 3. The average molecular weight is 616 g/mol. The molecular weight excluding hydrogens is 585 g/mol. The normalized spacial score (nSPS) is 14.6. The van der Waals surface area contributed by atoms with Crippen LogP contribution >= 0.6 is 11.6 Å². The summed E-state index contributed by atoms with van der Waals surface area (Å²) in [4.78, 5) is 19.3. The predicted octanol–water partition coefficient (Wildman–Crippen LogP) is 6.45. The number of amides is 1. The van der Waals surface area contributed by atoms with Crippen molar-refractivity contribution < 1.29 is 23.4 Å². The molecular formula is C33H31ClFN5O4. The minimum absolute atomic E-state index is 0.147. The predicted molar refractivity (Wildman–Crippen MR) is 168 cm³/mol. The summed E-state index contributed by atoms with van der Waals surface area (Å²) in [6.07, 6.45) is 5.28. The van der Waals surface area contributed by atoms with Gasteiger partial charge >= 0.3 is 0 Å². The fraction of sp³-hybridized carbons (Fsp3) is 0.242. The molecule has 2 heterocycles. The van der Waals surface area contributed by atoms with E-state index in [1.165, 1.54) is 24.4 Å². The van der Waals surface area contributed by atoms with Crippen LogP contribution in [0.15, 0.2) is 72.9 Å². The third-order valence-electron chi connectivity index (χ3n) is 6.75. The molecule has 1 aromatic heterocycles. The van der Waals surface area contributed by atoms with Gasteiger partial charge in [-0.15, -0.1) is 0 Å². The summed E-state index contributed by atoms with van der Waals surface area (Å²) in [6, 6.07) is 16.9. The number of rotatable bonds is 11. The standard InChI is InChI=1S/C33H31ClFN5O4/c1-40(2)11-4-7-32(41)39-29-15-26-28(16-31(29)44-25-10-12-42-20-25)37-18-22(17-36)33(26)38-24-8-9-30(27(34)14-24)43-19-21-5-3-6-23(35)13-21/h3-9,13-16,18,25H,10-12,19-20H2,1-2H3,(H,37,38)(H,39,41)/b7-4+/t25-/m0/s1.